The number of nitrogens with zero attached hydrogens (tertiary/aromatic N) is 4. The van der Waals surface area contributed by atoms with Gasteiger partial charge in [-0.05, 0) is 37.6 Å². The molecule has 1 fully saturated rings. The Bertz CT molecular complexity index is 754. The second-order valence-corrected chi connectivity index (χ2v) is 6.51. The number of aromatic nitrogens is 2. The van der Waals surface area contributed by atoms with Crippen molar-refractivity contribution >= 4 is 47.2 Å². The Balaban J connectivity index is 0.00000243. The lowest BCUT2D eigenvalue weighted by atomic mass is 10.2. The molecule has 0 saturated carbocycles. The van der Waals surface area contributed by atoms with E-state index in [9.17, 15) is 0 Å². The topological polar surface area (TPSA) is 65.4 Å². The Kier molecular flexibility index (Phi) is 7.89. The zero-order valence-electron chi connectivity index (χ0n) is 14.9. The summed E-state index contributed by atoms with van der Waals surface area (Å²) in [7, 11) is 1.78. The average Bonchev–Trinajstić information content (AvgIpc) is 3.07. The molecule has 2 aromatic rings. The van der Waals surface area contributed by atoms with E-state index in [1.165, 1.54) is 0 Å². The average molecular weight is 487 g/mol. The standard InChI is InChI=1S/C18H23ClN6.HI/c1-13-21-8-6-15(23-13)11-22-18(20-2)24-16-7-9-25(12-16)17-5-3-4-14(19)10-17;/h3-6,8,10,16H,7,9,11-12H2,1-2H3,(H2,20,22,24);1H. The largest absolute Gasteiger partial charge is 0.369 e. The Morgan fingerprint density at radius 2 is 2.23 bits per heavy atom. The van der Waals surface area contributed by atoms with Gasteiger partial charge in [0.1, 0.15) is 5.82 Å². The summed E-state index contributed by atoms with van der Waals surface area (Å²) in [5.74, 6) is 1.56. The van der Waals surface area contributed by atoms with Crippen LogP contribution in [0.5, 0.6) is 0 Å². The molecule has 3 rings (SSSR count). The quantitative estimate of drug-likeness (QED) is 0.395. The van der Waals surface area contributed by atoms with E-state index in [0.717, 1.165) is 47.7 Å². The lowest BCUT2D eigenvalue weighted by Crippen LogP contribution is -2.44. The lowest BCUT2D eigenvalue weighted by molar-refractivity contribution is 0.646. The molecule has 0 aliphatic carbocycles. The minimum atomic E-state index is 0. The molecule has 0 radical (unpaired) electrons. The van der Waals surface area contributed by atoms with Gasteiger partial charge in [-0.25, -0.2) is 9.97 Å². The molecule has 0 bridgehead atoms. The van der Waals surface area contributed by atoms with Crippen LogP contribution >= 0.6 is 35.6 Å². The second-order valence-electron chi connectivity index (χ2n) is 6.08. The summed E-state index contributed by atoms with van der Waals surface area (Å²) in [5, 5.41) is 7.57. The predicted molar refractivity (Wildman–Crippen MR) is 118 cm³/mol. The molecular formula is C18H24ClIN6. The number of guanidine groups is 1. The van der Waals surface area contributed by atoms with Crippen molar-refractivity contribution in [1.82, 2.24) is 20.6 Å². The SMILES string of the molecule is CN=C(NCc1ccnc(C)n1)NC1CCN(c2cccc(Cl)c2)C1.I. The van der Waals surface area contributed by atoms with Crippen LogP contribution in [0.15, 0.2) is 41.5 Å². The molecule has 8 heteroatoms. The normalized spacial score (nSPS) is 17.0. The van der Waals surface area contributed by atoms with Crippen LogP contribution in [0.4, 0.5) is 5.69 Å². The summed E-state index contributed by atoms with van der Waals surface area (Å²) in [4.78, 5) is 15.2. The molecule has 2 N–H and O–H groups in total. The zero-order chi connectivity index (χ0) is 17.6. The molecule has 26 heavy (non-hydrogen) atoms. The highest BCUT2D eigenvalue weighted by atomic mass is 127. The van der Waals surface area contributed by atoms with Gasteiger partial charge in [0, 0.05) is 43.1 Å². The number of nitrogens with one attached hydrogen (secondary N) is 2. The van der Waals surface area contributed by atoms with E-state index in [2.05, 4.69) is 36.6 Å². The van der Waals surface area contributed by atoms with E-state index in [-0.39, 0.29) is 24.0 Å². The van der Waals surface area contributed by atoms with Gasteiger partial charge in [-0.15, -0.1) is 24.0 Å². The maximum atomic E-state index is 6.10. The van der Waals surface area contributed by atoms with Crippen LogP contribution in [0, 0.1) is 6.92 Å². The van der Waals surface area contributed by atoms with Crippen molar-refractivity contribution in [1.29, 1.82) is 0 Å². The maximum absolute atomic E-state index is 6.10. The summed E-state index contributed by atoms with van der Waals surface area (Å²) in [6.45, 7) is 4.43. The molecule has 6 nitrogen and oxygen atoms in total. The number of aryl methyl sites for hydroxylation is 1. The number of aliphatic imine (C=N–C) groups is 1. The first kappa shape index (κ1) is 20.7. The van der Waals surface area contributed by atoms with Gasteiger partial charge < -0.3 is 15.5 Å². The lowest BCUT2D eigenvalue weighted by Gasteiger charge is -2.20. The van der Waals surface area contributed by atoms with E-state index in [1.807, 2.05) is 31.2 Å². The first-order valence-electron chi connectivity index (χ1n) is 8.40. The van der Waals surface area contributed by atoms with Gasteiger partial charge in [0.05, 0.1) is 12.2 Å². The number of anilines is 1. The smallest absolute Gasteiger partial charge is 0.191 e. The van der Waals surface area contributed by atoms with E-state index in [1.54, 1.807) is 13.2 Å². The Labute approximate surface area is 176 Å². The molecule has 1 saturated heterocycles. The molecule has 1 aliphatic heterocycles. The first-order valence-corrected chi connectivity index (χ1v) is 8.78. The fourth-order valence-corrected chi connectivity index (χ4v) is 3.14. The molecule has 140 valence electrons. The van der Waals surface area contributed by atoms with Crippen molar-refractivity contribution in [2.75, 3.05) is 25.0 Å². The van der Waals surface area contributed by atoms with Crippen LogP contribution in [0.3, 0.4) is 0 Å². The van der Waals surface area contributed by atoms with E-state index in [0.29, 0.717) is 12.6 Å². The third kappa shape index (κ3) is 5.70. The highest BCUT2D eigenvalue weighted by molar-refractivity contribution is 14.0. The third-order valence-corrected chi connectivity index (χ3v) is 4.43. The van der Waals surface area contributed by atoms with Gasteiger partial charge in [-0.1, -0.05) is 17.7 Å². The summed E-state index contributed by atoms with van der Waals surface area (Å²) in [5.41, 5.74) is 2.11. The molecule has 2 heterocycles. The van der Waals surface area contributed by atoms with E-state index < -0.39 is 0 Å². The van der Waals surface area contributed by atoms with Crippen molar-refractivity contribution in [2.24, 2.45) is 4.99 Å². The van der Waals surface area contributed by atoms with Gasteiger partial charge in [-0.3, -0.25) is 4.99 Å². The van der Waals surface area contributed by atoms with Gasteiger partial charge in [0.25, 0.3) is 0 Å². The van der Waals surface area contributed by atoms with Crippen molar-refractivity contribution in [3.05, 3.63) is 53.1 Å². The zero-order valence-corrected chi connectivity index (χ0v) is 18.0. The number of benzene rings is 1. The Hall–Kier alpha value is -1.61. The second kappa shape index (κ2) is 9.91. The highest BCUT2D eigenvalue weighted by Gasteiger charge is 2.23. The predicted octanol–water partition coefficient (Wildman–Crippen LogP) is 3.00. The number of hydrogen-bond acceptors (Lipinski definition) is 4. The van der Waals surface area contributed by atoms with Crippen LogP contribution in [-0.2, 0) is 6.54 Å². The summed E-state index contributed by atoms with van der Waals surface area (Å²) in [6, 6.07) is 10.2. The molecule has 1 aliphatic rings. The van der Waals surface area contributed by atoms with Crippen molar-refractivity contribution in [3.63, 3.8) is 0 Å². The van der Waals surface area contributed by atoms with Crippen molar-refractivity contribution in [3.8, 4) is 0 Å². The van der Waals surface area contributed by atoms with Crippen molar-refractivity contribution < 1.29 is 0 Å². The van der Waals surface area contributed by atoms with Gasteiger partial charge in [0.2, 0.25) is 0 Å². The van der Waals surface area contributed by atoms with Crippen LogP contribution in [0.1, 0.15) is 17.9 Å². The van der Waals surface area contributed by atoms with Crippen LogP contribution in [0.25, 0.3) is 0 Å². The molecule has 1 aromatic heterocycles. The minimum Gasteiger partial charge on any atom is -0.369 e. The minimum absolute atomic E-state index is 0. The van der Waals surface area contributed by atoms with E-state index in [4.69, 9.17) is 11.6 Å². The monoisotopic (exact) mass is 486 g/mol. The number of rotatable bonds is 4. The molecule has 1 aromatic carbocycles. The first-order chi connectivity index (χ1) is 12.1. The van der Waals surface area contributed by atoms with Gasteiger partial charge >= 0.3 is 0 Å². The van der Waals surface area contributed by atoms with Crippen LogP contribution < -0.4 is 15.5 Å². The van der Waals surface area contributed by atoms with Gasteiger partial charge in [0.15, 0.2) is 5.96 Å². The Morgan fingerprint density at radius 3 is 2.96 bits per heavy atom. The summed E-state index contributed by atoms with van der Waals surface area (Å²) >= 11 is 6.10. The number of halogens is 2. The molecular weight excluding hydrogens is 463 g/mol. The van der Waals surface area contributed by atoms with Gasteiger partial charge in [-0.2, -0.15) is 0 Å². The fourth-order valence-electron chi connectivity index (χ4n) is 2.95. The summed E-state index contributed by atoms with van der Waals surface area (Å²) < 4.78 is 0. The van der Waals surface area contributed by atoms with E-state index >= 15 is 0 Å². The summed E-state index contributed by atoms with van der Waals surface area (Å²) in [6.07, 6.45) is 2.83. The maximum Gasteiger partial charge on any atom is 0.191 e. The molecule has 0 amide bonds. The number of hydrogen-bond donors (Lipinski definition) is 2. The third-order valence-electron chi connectivity index (χ3n) is 4.20. The van der Waals surface area contributed by atoms with Crippen LogP contribution in [0.2, 0.25) is 5.02 Å². The molecule has 1 atom stereocenters. The van der Waals surface area contributed by atoms with Crippen LogP contribution in [-0.4, -0.2) is 42.1 Å². The molecule has 1 unspecified atom stereocenters. The Morgan fingerprint density at radius 1 is 1.38 bits per heavy atom. The van der Waals surface area contributed by atoms with Crippen molar-refractivity contribution in [2.45, 2.75) is 25.9 Å². The highest BCUT2D eigenvalue weighted by Crippen LogP contribution is 2.23. The fraction of sp³-hybridized carbons (Fsp3) is 0.389. The molecule has 0 spiro atoms.